The van der Waals surface area contributed by atoms with Crippen molar-refractivity contribution in [3.8, 4) is 0 Å². The largest absolute Gasteiger partial charge is 0.444 e. The van der Waals surface area contributed by atoms with Gasteiger partial charge in [0.05, 0.1) is 33.7 Å². The number of Topliss-reactive ketones (excluding diaryl/α,β-unsaturated/α-hetero) is 1. The first-order chi connectivity index (χ1) is 27.5. The Hall–Kier alpha value is -4.66. The van der Waals surface area contributed by atoms with Gasteiger partial charge < -0.3 is 25.2 Å². The average Bonchev–Trinajstić information content (AvgIpc) is 3.91. The van der Waals surface area contributed by atoms with Crippen molar-refractivity contribution in [1.82, 2.24) is 35.3 Å². The number of aromatic nitrogens is 2. The predicted octanol–water partition coefficient (Wildman–Crippen LogP) is 6.92. The van der Waals surface area contributed by atoms with E-state index < -0.39 is 12.1 Å². The highest BCUT2D eigenvalue weighted by Gasteiger charge is 2.28. The van der Waals surface area contributed by atoms with E-state index in [0.29, 0.717) is 64.2 Å². The Kier molecular flexibility index (Phi) is 17.0. The molecule has 4 amide bonds. The van der Waals surface area contributed by atoms with E-state index in [9.17, 15) is 19.2 Å². The number of carbonyl (C=O) groups is 4. The Morgan fingerprint density at radius 3 is 2.18 bits per heavy atom. The molecular formula is C43H57N7O5S2. The van der Waals surface area contributed by atoms with Gasteiger partial charge in [-0.15, -0.1) is 22.7 Å². The molecule has 1 fully saturated rings. The second-order valence-corrected chi connectivity index (χ2v) is 17.1. The van der Waals surface area contributed by atoms with Crippen LogP contribution in [0, 0.1) is 5.92 Å². The summed E-state index contributed by atoms with van der Waals surface area (Å²) in [6.45, 7) is 9.61. The van der Waals surface area contributed by atoms with E-state index in [1.54, 1.807) is 41.9 Å². The first-order valence-corrected chi connectivity index (χ1v) is 21.6. The van der Waals surface area contributed by atoms with Crippen molar-refractivity contribution in [3.63, 3.8) is 0 Å². The fourth-order valence-corrected chi connectivity index (χ4v) is 8.35. The number of nitrogens with one attached hydrogen (secondary N) is 2. The van der Waals surface area contributed by atoms with Crippen molar-refractivity contribution >= 4 is 46.5 Å². The molecule has 1 saturated heterocycles. The van der Waals surface area contributed by atoms with Crippen LogP contribution in [0.1, 0.15) is 79.1 Å². The van der Waals surface area contributed by atoms with Crippen molar-refractivity contribution in [2.75, 3.05) is 39.8 Å². The fourth-order valence-electron chi connectivity index (χ4n) is 7.02. The van der Waals surface area contributed by atoms with E-state index >= 15 is 0 Å². The highest BCUT2D eigenvalue weighted by Crippen LogP contribution is 2.23. The molecule has 0 bridgehead atoms. The number of thiazole rings is 2. The third-order valence-electron chi connectivity index (χ3n) is 10.3. The highest BCUT2D eigenvalue weighted by molar-refractivity contribution is 7.09. The van der Waals surface area contributed by atoms with Crippen LogP contribution in [0.4, 0.5) is 9.59 Å². The Balaban J connectivity index is 1.29. The lowest BCUT2D eigenvalue weighted by Crippen LogP contribution is -2.51. The lowest BCUT2D eigenvalue weighted by Gasteiger charge is -2.35. The van der Waals surface area contributed by atoms with E-state index in [1.165, 1.54) is 11.3 Å². The zero-order valence-electron chi connectivity index (χ0n) is 33.6. The van der Waals surface area contributed by atoms with Crippen molar-refractivity contribution in [2.45, 2.75) is 90.4 Å². The number of benzene rings is 2. The van der Waals surface area contributed by atoms with Crippen molar-refractivity contribution in [1.29, 1.82) is 0 Å². The molecule has 3 unspecified atom stereocenters. The molecule has 0 radical (unpaired) electrons. The number of urea groups is 1. The molecule has 0 spiro atoms. The van der Waals surface area contributed by atoms with E-state index in [1.807, 2.05) is 58.8 Å². The zero-order valence-corrected chi connectivity index (χ0v) is 35.2. The lowest BCUT2D eigenvalue weighted by molar-refractivity contribution is -0.130. The maximum absolute atomic E-state index is 14.5. The van der Waals surface area contributed by atoms with Gasteiger partial charge in [0.25, 0.3) is 0 Å². The molecule has 4 aromatic rings. The lowest BCUT2D eigenvalue weighted by atomic mass is 9.86. The summed E-state index contributed by atoms with van der Waals surface area (Å²) in [5, 5.41) is 9.20. The molecule has 3 atom stereocenters. The number of carbonyl (C=O) groups excluding carboxylic acids is 4. The number of rotatable bonds is 20. The summed E-state index contributed by atoms with van der Waals surface area (Å²) in [6, 6.07) is 18.9. The minimum absolute atomic E-state index is 0.0210. The molecule has 0 saturated carbocycles. The topological polar surface area (TPSA) is 137 Å². The van der Waals surface area contributed by atoms with Crippen LogP contribution in [0.25, 0.3) is 0 Å². The van der Waals surface area contributed by atoms with Gasteiger partial charge in [-0.2, -0.15) is 0 Å². The first-order valence-electron chi connectivity index (χ1n) is 19.9. The molecule has 1 aliphatic heterocycles. The number of nitrogens with zero attached hydrogens (tertiary/aromatic N) is 5. The molecule has 12 nitrogen and oxygen atoms in total. The molecule has 0 aliphatic carbocycles. The summed E-state index contributed by atoms with van der Waals surface area (Å²) < 4.78 is 5.55. The van der Waals surface area contributed by atoms with Crippen LogP contribution in [-0.4, -0.2) is 100 Å². The van der Waals surface area contributed by atoms with Gasteiger partial charge in [-0.1, -0.05) is 74.5 Å². The van der Waals surface area contributed by atoms with Crippen LogP contribution < -0.4 is 10.6 Å². The summed E-state index contributed by atoms with van der Waals surface area (Å²) in [4.78, 5) is 68.4. The van der Waals surface area contributed by atoms with Gasteiger partial charge in [0, 0.05) is 76.7 Å². The highest BCUT2D eigenvalue weighted by atomic mass is 32.1. The van der Waals surface area contributed by atoms with E-state index in [4.69, 9.17) is 9.72 Å². The van der Waals surface area contributed by atoms with Gasteiger partial charge in [0.15, 0.2) is 5.78 Å². The third-order valence-corrected chi connectivity index (χ3v) is 12.3. The molecule has 2 aromatic heterocycles. The van der Waals surface area contributed by atoms with Crippen molar-refractivity contribution in [2.24, 2.45) is 5.92 Å². The Morgan fingerprint density at radius 2 is 1.56 bits per heavy atom. The molecule has 57 heavy (non-hydrogen) atoms. The molecule has 5 rings (SSSR count). The van der Waals surface area contributed by atoms with Crippen LogP contribution in [-0.2, 0) is 40.3 Å². The molecule has 3 heterocycles. The second-order valence-electron chi connectivity index (χ2n) is 15.2. The number of amides is 4. The minimum atomic E-state index is -0.703. The van der Waals surface area contributed by atoms with Gasteiger partial charge in [0.2, 0.25) is 5.91 Å². The number of hydrogen-bond donors (Lipinski definition) is 2. The summed E-state index contributed by atoms with van der Waals surface area (Å²) >= 11 is 3.02. The van der Waals surface area contributed by atoms with Crippen LogP contribution >= 0.6 is 22.7 Å². The molecular weight excluding hydrogens is 759 g/mol. The number of alkyl carbamates (subject to hydrolysis) is 1. The van der Waals surface area contributed by atoms with E-state index in [0.717, 1.165) is 39.8 Å². The normalized spacial score (nSPS) is 14.8. The summed E-state index contributed by atoms with van der Waals surface area (Å²) in [6.07, 6.45) is 4.50. The smallest absolute Gasteiger partial charge is 0.407 e. The number of ether oxygens (including phenoxy) is 1. The van der Waals surface area contributed by atoms with Gasteiger partial charge in [-0.3, -0.25) is 19.5 Å². The van der Waals surface area contributed by atoms with Crippen LogP contribution in [0.2, 0.25) is 0 Å². The standard InChI is InChI=1S/C43H57N7O5S2/c1-31(2)41-45-37(29-56-41)27-48(4)42(53)47-39(17-18-49-19-21-50(22-20-49)32(3)51)40(52)25-35(23-33-11-7-5-8-12-33)15-16-36(24-34-13-9-6-10-14-34)46-43(54)55-28-38-26-44-30-57-38/h5-14,26,29-31,35-36,39H,15-25,27-28H2,1-4H3,(H,46,54)(H,47,53). The quantitative estimate of drug-likeness (QED) is 0.0982. The van der Waals surface area contributed by atoms with Gasteiger partial charge >= 0.3 is 12.1 Å². The monoisotopic (exact) mass is 815 g/mol. The van der Waals surface area contributed by atoms with Crippen LogP contribution in [0.5, 0.6) is 0 Å². The average molecular weight is 816 g/mol. The molecule has 2 aromatic carbocycles. The van der Waals surface area contributed by atoms with Crippen molar-refractivity contribution in [3.05, 3.63) is 104 Å². The molecule has 14 heteroatoms. The predicted molar refractivity (Wildman–Crippen MR) is 225 cm³/mol. The first kappa shape index (κ1) is 43.5. The van der Waals surface area contributed by atoms with Crippen molar-refractivity contribution < 1.29 is 23.9 Å². The van der Waals surface area contributed by atoms with Crippen LogP contribution in [0.15, 0.2) is 77.8 Å². The Labute approximate surface area is 345 Å². The minimum Gasteiger partial charge on any atom is -0.444 e. The van der Waals surface area contributed by atoms with Gasteiger partial charge in [-0.05, 0) is 49.1 Å². The summed E-state index contributed by atoms with van der Waals surface area (Å²) in [7, 11) is 1.73. The fraction of sp³-hybridized carbons (Fsp3) is 0.488. The summed E-state index contributed by atoms with van der Waals surface area (Å²) in [5.74, 6) is 0.303. The Bertz CT molecular complexity index is 1830. The maximum atomic E-state index is 14.5. The Morgan fingerprint density at radius 1 is 0.877 bits per heavy atom. The molecule has 306 valence electrons. The van der Waals surface area contributed by atoms with Crippen LogP contribution in [0.3, 0.4) is 0 Å². The van der Waals surface area contributed by atoms with Gasteiger partial charge in [-0.25, -0.2) is 14.6 Å². The number of hydrogen-bond acceptors (Lipinski definition) is 10. The number of piperazine rings is 1. The SMILES string of the molecule is CC(=O)N1CCN(CCC(NC(=O)N(C)Cc2csc(C(C)C)n2)C(=O)CC(CCC(Cc2ccccc2)NC(=O)OCc2cncs2)Cc2ccccc2)CC1. The van der Waals surface area contributed by atoms with E-state index in [2.05, 4.69) is 46.5 Å². The van der Waals surface area contributed by atoms with E-state index in [-0.39, 0.29) is 42.7 Å². The molecule has 1 aliphatic rings. The van der Waals surface area contributed by atoms with Gasteiger partial charge in [0.1, 0.15) is 6.61 Å². The zero-order chi connectivity index (χ0) is 40.6. The second kappa shape index (κ2) is 22.3. The maximum Gasteiger partial charge on any atom is 0.407 e. The number of ketones is 1. The third kappa shape index (κ3) is 14.7. The molecule has 2 N–H and O–H groups in total. The summed E-state index contributed by atoms with van der Waals surface area (Å²) in [5.41, 5.74) is 4.75.